The number of nitrogens with zero attached hydrogens (tertiary/aromatic N) is 2. The van der Waals surface area contributed by atoms with E-state index in [0.717, 1.165) is 12.8 Å². The number of rotatable bonds is 4. The molecule has 0 saturated heterocycles. The maximum atomic E-state index is 4.64. The monoisotopic (exact) mass is 610 g/mol. The molecule has 0 fully saturated rings. The third-order valence-corrected chi connectivity index (χ3v) is 10.9. The second kappa shape index (κ2) is 11.5. The van der Waals surface area contributed by atoms with E-state index in [-0.39, 0.29) is 0 Å². The summed E-state index contributed by atoms with van der Waals surface area (Å²) in [5, 5.41) is 7.47. The molecule has 1 atom stereocenters. The van der Waals surface area contributed by atoms with Crippen LogP contribution in [0.5, 0.6) is 0 Å². The van der Waals surface area contributed by atoms with Gasteiger partial charge in [-0.2, -0.15) is 0 Å². The van der Waals surface area contributed by atoms with Crippen molar-refractivity contribution in [2.24, 2.45) is 0 Å². The van der Waals surface area contributed by atoms with Crippen molar-refractivity contribution in [3.8, 4) is 11.1 Å². The van der Waals surface area contributed by atoms with Gasteiger partial charge >= 0.3 is 0 Å². The molecule has 1 aliphatic heterocycles. The van der Waals surface area contributed by atoms with Gasteiger partial charge in [0, 0.05) is 33.3 Å². The van der Waals surface area contributed by atoms with Gasteiger partial charge in [-0.05, 0) is 112 Å². The zero-order chi connectivity index (χ0) is 30.5. The Bertz CT molecular complexity index is 2230. The van der Waals surface area contributed by atoms with Gasteiger partial charge in [-0.25, -0.2) is 0 Å². The molecule has 2 nitrogen and oxygen atoms in total. The fraction of sp³-hybridized carbons (Fsp3) is 0.140. The minimum Gasteiger partial charge on any atom is -0.334 e. The van der Waals surface area contributed by atoms with Crippen LogP contribution in [0.3, 0.4) is 0 Å². The van der Waals surface area contributed by atoms with Gasteiger partial charge in [0.2, 0.25) is 0 Å². The Morgan fingerprint density at radius 1 is 0.717 bits per heavy atom. The number of aromatic nitrogens is 1. The van der Waals surface area contributed by atoms with Gasteiger partial charge in [-0.3, -0.25) is 4.98 Å². The molecule has 5 aromatic carbocycles. The molecule has 1 unspecified atom stereocenters. The molecule has 3 heteroatoms. The van der Waals surface area contributed by atoms with Gasteiger partial charge in [0.05, 0.1) is 11.7 Å². The van der Waals surface area contributed by atoms with Crippen LogP contribution in [0.4, 0.5) is 5.69 Å². The zero-order valence-corrected chi connectivity index (χ0v) is 26.5. The molecule has 1 aromatic heterocycles. The number of benzene rings is 5. The van der Waals surface area contributed by atoms with E-state index in [1.165, 1.54) is 95.0 Å². The van der Waals surface area contributed by atoms with Crippen molar-refractivity contribution in [1.29, 1.82) is 0 Å². The van der Waals surface area contributed by atoms with Crippen molar-refractivity contribution in [2.75, 3.05) is 4.90 Å². The van der Waals surface area contributed by atoms with E-state index in [4.69, 9.17) is 0 Å². The van der Waals surface area contributed by atoms with Crippen LogP contribution in [0.2, 0.25) is 0 Å². The predicted octanol–water partition coefficient (Wildman–Crippen LogP) is 11.9. The Balaban J connectivity index is 1.21. The molecular formula is C43H34N2S. The van der Waals surface area contributed by atoms with Crippen LogP contribution >= 0.6 is 11.8 Å². The quantitative estimate of drug-likeness (QED) is 0.146. The van der Waals surface area contributed by atoms with Crippen LogP contribution in [-0.2, 0) is 0 Å². The number of allylic oxidation sites excluding steroid dienone is 5. The molecule has 46 heavy (non-hydrogen) atoms. The third-order valence-electron chi connectivity index (χ3n) is 9.76. The average Bonchev–Trinajstić information content (AvgIpc) is 3.28. The first-order chi connectivity index (χ1) is 22.8. The van der Waals surface area contributed by atoms with Crippen molar-refractivity contribution in [3.63, 3.8) is 0 Å². The highest BCUT2D eigenvalue weighted by Gasteiger charge is 2.27. The van der Waals surface area contributed by atoms with Crippen LogP contribution in [0.25, 0.3) is 49.5 Å². The lowest BCUT2D eigenvalue weighted by Gasteiger charge is -2.36. The minimum atomic E-state index is 0.370. The fourth-order valence-electron chi connectivity index (χ4n) is 7.56. The van der Waals surface area contributed by atoms with Gasteiger partial charge in [0.25, 0.3) is 0 Å². The van der Waals surface area contributed by atoms with Crippen molar-refractivity contribution < 1.29 is 0 Å². The first-order valence-corrected chi connectivity index (χ1v) is 17.3. The summed E-state index contributed by atoms with van der Waals surface area (Å²) in [5.41, 5.74) is 7.87. The Labute approximate surface area is 274 Å². The second-order valence-corrected chi connectivity index (χ2v) is 13.6. The SMILES string of the molecule is C1=CC(N2C3=C(C=Cc4ccc(Sc5c6ccccc6c(-c6ccc7ccccc7c6)c6cnccc56)cc42)CCC=C3)CCC1. The van der Waals surface area contributed by atoms with E-state index in [2.05, 4.69) is 144 Å². The molecule has 3 aliphatic rings. The molecule has 0 saturated carbocycles. The summed E-state index contributed by atoms with van der Waals surface area (Å²) in [6.45, 7) is 0. The average molecular weight is 611 g/mol. The fourth-order valence-corrected chi connectivity index (χ4v) is 8.68. The largest absolute Gasteiger partial charge is 0.334 e. The number of hydrogen-bond acceptors (Lipinski definition) is 3. The highest BCUT2D eigenvalue weighted by molar-refractivity contribution is 7.99. The molecule has 2 heterocycles. The summed E-state index contributed by atoms with van der Waals surface area (Å²) in [6.07, 6.45) is 24.0. The summed E-state index contributed by atoms with van der Waals surface area (Å²) in [5.74, 6) is 0. The smallest absolute Gasteiger partial charge is 0.0522 e. The number of pyridine rings is 1. The van der Waals surface area contributed by atoms with Crippen LogP contribution < -0.4 is 4.90 Å². The zero-order valence-electron chi connectivity index (χ0n) is 25.7. The highest BCUT2D eigenvalue weighted by atomic mass is 32.2. The molecule has 0 spiro atoms. The van der Waals surface area contributed by atoms with Gasteiger partial charge < -0.3 is 4.90 Å². The van der Waals surface area contributed by atoms with Crippen LogP contribution in [0, 0.1) is 0 Å². The second-order valence-electron chi connectivity index (χ2n) is 12.5. The van der Waals surface area contributed by atoms with E-state index in [1.807, 2.05) is 18.0 Å². The molecule has 2 aliphatic carbocycles. The lowest BCUT2D eigenvalue weighted by Crippen LogP contribution is -2.35. The van der Waals surface area contributed by atoms with Crippen LogP contribution in [0.15, 0.2) is 155 Å². The first-order valence-electron chi connectivity index (χ1n) is 16.4. The van der Waals surface area contributed by atoms with Crippen LogP contribution in [0.1, 0.15) is 37.7 Å². The standard InChI is InChI=1S/C43H34N2S/c1-2-13-34(14-3-1)45-40-17-9-6-11-30(40)19-20-31-22-23-35(27-41(31)45)46-43-37-16-8-7-15-36(37)42(39-28-44-25-24-38(39)43)33-21-18-29-10-4-5-12-32(29)26-33/h2,4-5,7-10,12-13,15-28,34H,1,3,6,11,14H2. The van der Waals surface area contributed by atoms with Gasteiger partial charge in [-0.15, -0.1) is 0 Å². The normalized spacial score (nSPS) is 17.5. The molecule has 222 valence electrons. The maximum Gasteiger partial charge on any atom is 0.0522 e. The summed E-state index contributed by atoms with van der Waals surface area (Å²) in [4.78, 5) is 9.80. The molecule has 6 aromatic rings. The third kappa shape index (κ3) is 4.69. The van der Waals surface area contributed by atoms with E-state index < -0.39 is 0 Å². The molecule has 0 N–H and O–H groups in total. The van der Waals surface area contributed by atoms with E-state index >= 15 is 0 Å². The minimum absolute atomic E-state index is 0.370. The molecule has 9 rings (SSSR count). The molecular weight excluding hydrogens is 577 g/mol. The Morgan fingerprint density at radius 3 is 2.50 bits per heavy atom. The highest BCUT2D eigenvalue weighted by Crippen LogP contribution is 2.47. The molecule has 0 bridgehead atoms. The van der Waals surface area contributed by atoms with Crippen molar-refractivity contribution in [3.05, 3.63) is 151 Å². The van der Waals surface area contributed by atoms with E-state index in [1.54, 1.807) is 0 Å². The summed E-state index contributed by atoms with van der Waals surface area (Å²) >= 11 is 1.88. The summed E-state index contributed by atoms with van der Waals surface area (Å²) in [6, 6.07) is 34.0. The Morgan fingerprint density at radius 2 is 1.59 bits per heavy atom. The summed E-state index contributed by atoms with van der Waals surface area (Å²) < 4.78 is 0. The maximum absolute atomic E-state index is 4.64. The van der Waals surface area contributed by atoms with Crippen molar-refractivity contribution >= 4 is 55.8 Å². The van der Waals surface area contributed by atoms with Crippen molar-refractivity contribution in [2.45, 2.75) is 47.9 Å². The Hall–Kier alpha value is -4.86. The topological polar surface area (TPSA) is 16.1 Å². The van der Waals surface area contributed by atoms with Gasteiger partial charge in [0.15, 0.2) is 0 Å². The lowest BCUT2D eigenvalue weighted by molar-refractivity contribution is 0.618. The number of hydrogen-bond donors (Lipinski definition) is 0. The predicted molar refractivity (Wildman–Crippen MR) is 196 cm³/mol. The Kier molecular flexibility index (Phi) is 6.86. The summed E-state index contributed by atoms with van der Waals surface area (Å²) in [7, 11) is 0. The number of fused-ring (bicyclic) bond motifs is 4. The lowest BCUT2D eigenvalue weighted by atomic mass is 9.92. The molecule has 0 radical (unpaired) electrons. The van der Waals surface area contributed by atoms with Crippen LogP contribution in [-0.4, -0.2) is 11.0 Å². The van der Waals surface area contributed by atoms with E-state index in [0.29, 0.717) is 6.04 Å². The van der Waals surface area contributed by atoms with Crippen molar-refractivity contribution in [1.82, 2.24) is 4.98 Å². The number of anilines is 1. The van der Waals surface area contributed by atoms with E-state index in [9.17, 15) is 0 Å². The van der Waals surface area contributed by atoms with Gasteiger partial charge in [0.1, 0.15) is 0 Å². The van der Waals surface area contributed by atoms with Gasteiger partial charge in [-0.1, -0.05) is 109 Å². The molecule has 0 amide bonds. The first kappa shape index (κ1) is 27.5.